The second-order valence-corrected chi connectivity index (χ2v) is 6.58. The van der Waals surface area contributed by atoms with Crippen molar-refractivity contribution in [3.8, 4) is 0 Å². The van der Waals surface area contributed by atoms with Crippen molar-refractivity contribution in [1.29, 1.82) is 0 Å². The highest BCUT2D eigenvalue weighted by atomic mass is 16.1. The molecule has 1 N–H and O–H groups in total. The average molecular weight is 371 g/mol. The molecule has 0 atom stereocenters. The summed E-state index contributed by atoms with van der Waals surface area (Å²) in [6, 6.07) is 20.3. The van der Waals surface area contributed by atoms with Gasteiger partial charge in [-0.05, 0) is 53.5 Å². The maximum atomic E-state index is 12.1. The molecule has 1 amide bonds. The molecule has 0 aliphatic heterocycles. The number of rotatable bonds is 7. The molecule has 0 unspecified atom stereocenters. The van der Waals surface area contributed by atoms with E-state index in [0.717, 1.165) is 28.9 Å². The molecule has 4 nitrogen and oxygen atoms in total. The van der Waals surface area contributed by atoms with Crippen LogP contribution in [0.25, 0.3) is 6.08 Å². The third-order valence-electron chi connectivity index (χ3n) is 4.66. The Bertz CT molecular complexity index is 916. The van der Waals surface area contributed by atoms with Crippen molar-refractivity contribution in [2.45, 2.75) is 19.9 Å². The quantitative estimate of drug-likeness (QED) is 0.610. The van der Waals surface area contributed by atoms with Gasteiger partial charge in [0.05, 0.1) is 0 Å². The van der Waals surface area contributed by atoms with Gasteiger partial charge >= 0.3 is 0 Å². The number of hydrogen-bond donors (Lipinski definition) is 1. The van der Waals surface area contributed by atoms with E-state index < -0.39 is 0 Å². The number of carbonyl (C=O) groups is 1. The van der Waals surface area contributed by atoms with Gasteiger partial charge in [-0.25, -0.2) is 0 Å². The van der Waals surface area contributed by atoms with Crippen LogP contribution in [0.4, 0.5) is 11.4 Å². The monoisotopic (exact) mass is 371 g/mol. The molecular weight excluding hydrogens is 346 g/mol. The van der Waals surface area contributed by atoms with E-state index >= 15 is 0 Å². The van der Waals surface area contributed by atoms with Crippen molar-refractivity contribution in [2.24, 2.45) is 0 Å². The van der Waals surface area contributed by atoms with Gasteiger partial charge in [0, 0.05) is 43.4 Å². The second-order valence-electron chi connectivity index (χ2n) is 6.58. The molecule has 1 heterocycles. The van der Waals surface area contributed by atoms with Crippen LogP contribution in [-0.4, -0.2) is 17.9 Å². The molecular formula is C24H25N3O. The average Bonchev–Trinajstić information content (AvgIpc) is 2.77. The smallest absolute Gasteiger partial charge is 0.244 e. The molecule has 0 bridgehead atoms. The first-order valence-electron chi connectivity index (χ1n) is 9.43. The van der Waals surface area contributed by atoms with Crippen molar-refractivity contribution in [1.82, 2.24) is 10.3 Å². The van der Waals surface area contributed by atoms with E-state index in [9.17, 15) is 4.79 Å². The number of nitrogens with one attached hydrogen (secondary N) is 1. The molecule has 0 aliphatic rings. The summed E-state index contributed by atoms with van der Waals surface area (Å²) in [5, 5.41) is 2.92. The minimum Gasteiger partial charge on any atom is -0.348 e. The van der Waals surface area contributed by atoms with Gasteiger partial charge < -0.3 is 10.2 Å². The number of pyridine rings is 1. The predicted octanol–water partition coefficient (Wildman–Crippen LogP) is 4.74. The normalized spacial score (nSPS) is 10.8. The van der Waals surface area contributed by atoms with Crippen LogP contribution in [0.1, 0.15) is 23.6 Å². The zero-order valence-electron chi connectivity index (χ0n) is 16.3. The third-order valence-corrected chi connectivity index (χ3v) is 4.66. The Morgan fingerprint density at radius 3 is 2.18 bits per heavy atom. The summed E-state index contributed by atoms with van der Waals surface area (Å²) in [7, 11) is 2.02. The molecule has 3 rings (SSSR count). The van der Waals surface area contributed by atoms with Crippen LogP contribution in [0, 0.1) is 0 Å². The largest absolute Gasteiger partial charge is 0.348 e. The number of benzene rings is 2. The Morgan fingerprint density at radius 1 is 0.929 bits per heavy atom. The van der Waals surface area contributed by atoms with Crippen LogP contribution in [0.15, 0.2) is 79.1 Å². The fraction of sp³-hybridized carbons (Fsp3) is 0.167. The summed E-state index contributed by atoms with van der Waals surface area (Å²) in [4.78, 5) is 18.2. The zero-order chi connectivity index (χ0) is 19.8. The Morgan fingerprint density at radius 2 is 1.54 bits per heavy atom. The van der Waals surface area contributed by atoms with E-state index in [4.69, 9.17) is 0 Å². The van der Waals surface area contributed by atoms with Gasteiger partial charge in [-0.2, -0.15) is 0 Å². The van der Waals surface area contributed by atoms with E-state index in [1.54, 1.807) is 18.5 Å². The van der Waals surface area contributed by atoms with E-state index in [1.807, 2.05) is 61.7 Å². The first-order chi connectivity index (χ1) is 13.7. The van der Waals surface area contributed by atoms with Crippen LogP contribution in [0.3, 0.4) is 0 Å². The van der Waals surface area contributed by atoms with Crippen LogP contribution >= 0.6 is 0 Å². The summed E-state index contributed by atoms with van der Waals surface area (Å²) in [6.07, 6.45) is 7.98. The molecule has 0 saturated heterocycles. The molecule has 4 heteroatoms. The number of carbonyl (C=O) groups excluding carboxylic acids is 1. The lowest BCUT2D eigenvalue weighted by Crippen LogP contribution is -2.20. The molecule has 0 spiro atoms. The molecule has 0 aliphatic carbocycles. The van der Waals surface area contributed by atoms with Gasteiger partial charge in [0.2, 0.25) is 5.91 Å². The Balaban J connectivity index is 1.52. The van der Waals surface area contributed by atoms with Gasteiger partial charge in [-0.1, -0.05) is 43.3 Å². The number of aryl methyl sites for hydroxylation is 1. The van der Waals surface area contributed by atoms with Gasteiger partial charge in [-0.15, -0.1) is 0 Å². The topological polar surface area (TPSA) is 45.2 Å². The standard InChI is InChI=1S/C24H25N3O/c1-3-19-4-6-20(7-5-19)10-13-24(28)26-18-21-8-11-22(12-9-21)27(2)23-14-16-25-17-15-23/h4-17H,3,18H2,1-2H3,(H,26,28). The molecule has 2 aromatic carbocycles. The van der Waals surface area contributed by atoms with Crippen LogP contribution in [-0.2, 0) is 17.8 Å². The molecule has 0 radical (unpaired) electrons. The number of amides is 1. The van der Waals surface area contributed by atoms with Crippen LogP contribution in [0.5, 0.6) is 0 Å². The third kappa shape index (κ3) is 5.30. The summed E-state index contributed by atoms with van der Waals surface area (Å²) in [5.74, 6) is -0.0995. The van der Waals surface area contributed by atoms with Gasteiger partial charge in [0.15, 0.2) is 0 Å². The lowest BCUT2D eigenvalue weighted by Gasteiger charge is -2.19. The maximum absolute atomic E-state index is 12.1. The number of hydrogen-bond acceptors (Lipinski definition) is 3. The van der Waals surface area contributed by atoms with E-state index in [1.165, 1.54) is 5.56 Å². The highest BCUT2D eigenvalue weighted by Gasteiger charge is 2.04. The molecule has 142 valence electrons. The van der Waals surface area contributed by atoms with Gasteiger partial charge in [-0.3, -0.25) is 9.78 Å². The molecule has 0 fully saturated rings. The van der Waals surface area contributed by atoms with E-state index in [-0.39, 0.29) is 5.91 Å². The summed E-state index contributed by atoms with van der Waals surface area (Å²) >= 11 is 0. The van der Waals surface area contributed by atoms with Crippen molar-refractivity contribution in [3.05, 3.63) is 95.8 Å². The number of aromatic nitrogens is 1. The Kier molecular flexibility index (Phi) is 6.58. The molecule has 28 heavy (non-hydrogen) atoms. The van der Waals surface area contributed by atoms with Crippen molar-refractivity contribution >= 4 is 23.4 Å². The minimum absolute atomic E-state index is 0.0995. The summed E-state index contributed by atoms with van der Waals surface area (Å²) < 4.78 is 0. The SMILES string of the molecule is CCc1ccc(C=CC(=O)NCc2ccc(N(C)c3ccncc3)cc2)cc1. The second kappa shape index (κ2) is 9.51. The van der Waals surface area contributed by atoms with Crippen LogP contribution < -0.4 is 10.2 Å². The number of anilines is 2. The first-order valence-corrected chi connectivity index (χ1v) is 9.43. The predicted molar refractivity (Wildman–Crippen MR) is 115 cm³/mol. The zero-order valence-corrected chi connectivity index (χ0v) is 16.3. The fourth-order valence-corrected chi connectivity index (χ4v) is 2.84. The maximum Gasteiger partial charge on any atom is 0.244 e. The van der Waals surface area contributed by atoms with E-state index in [2.05, 4.69) is 34.3 Å². The van der Waals surface area contributed by atoms with Gasteiger partial charge in [0.25, 0.3) is 0 Å². The highest BCUT2D eigenvalue weighted by Crippen LogP contribution is 2.22. The molecule has 1 aromatic heterocycles. The Labute approximate surface area is 166 Å². The summed E-state index contributed by atoms with van der Waals surface area (Å²) in [6.45, 7) is 2.62. The molecule has 0 saturated carbocycles. The first kappa shape index (κ1) is 19.4. The van der Waals surface area contributed by atoms with Crippen molar-refractivity contribution in [3.63, 3.8) is 0 Å². The van der Waals surface area contributed by atoms with Crippen LogP contribution in [0.2, 0.25) is 0 Å². The Hall–Kier alpha value is -3.40. The van der Waals surface area contributed by atoms with Crippen molar-refractivity contribution < 1.29 is 4.79 Å². The van der Waals surface area contributed by atoms with Crippen molar-refractivity contribution in [2.75, 3.05) is 11.9 Å². The lowest BCUT2D eigenvalue weighted by atomic mass is 10.1. The number of nitrogens with zero attached hydrogens (tertiary/aromatic N) is 2. The molecule has 3 aromatic rings. The fourth-order valence-electron chi connectivity index (χ4n) is 2.84. The van der Waals surface area contributed by atoms with Gasteiger partial charge in [0.1, 0.15) is 0 Å². The highest BCUT2D eigenvalue weighted by molar-refractivity contribution is 5.91. The summed E-state index contributed by atoms with van der Waals surface area (Å²) in [5.41, 5.74) is 5.53. The van der Waals surface area contributed by atoms with E-state index in [0.29, 0.717) is 6.54 Å². The minimum atomic E-state index is -0.0995. The lowest BCUT2D eigenvalue weighted by molar-refractivity contribution is -0.116.